The fourth-order valence-corrected chi connectivity index (χ4v) is 1.88. The first-order chi connectivity index (χ1) is 9.26. The third kappa shape index (κ3) is 2.97. The monoisotopic (exact) mass is 259 g/mol. The number of hydrogen-bond donors (Lipinski definition) is 2. The second-order valence-corrected chi connectivity index (χ2v) is 3.95. The lowest BCUT2D eigenvalue weighted by atomic mass is 10.0. The van der Waals surface area contributed by atoms with Gasteiger partial charge in [0, 0.05) is 17.8 Å². The number of methoxy groups -OCH3 is 1. The average molecular weight is 259 g/mol. The number of rotatable bonds is 5. The van der Waals surface area contributed by atoms with Crippen LogP contribution in [0.4, 0.5) is 5.82 Å². The minimum Gasteiger partial charge on any atom is -0.481 e. The van der Waals surface area contributed by atoms with Gasteiger partial charge >= 0.3 is 0 Å². The van der Waals surface area contributed by atoms with Gasteiger partial charge in [0.15, 0.2) is 0 Å². The maximum atomic E-state index is 5.93. The Labute approximate surface area is 112 Å². The third-order valence-corrected chi connectivity index (χ3v) is 2.76. The third-order valence-electron chi connectivity index (χ3n) is 2.76. The molecule has 0 aliphatic rings. The van der Waals surface area contributed by atoms with Crippen LogP contribution in [0.5, 0.6) is 5.88 Å². The van der Waals surface area contributed by atoms with Crippen LogP contribution in [0.1, 0.15) is 24.2 Å². The first kappa shape index (κ1) is 13.2. The van der Waals surface area contributed by atoms with Crippen molar-refractivity contribution in [3.05, 3.63) is 42.0 Å². The van der Waals surface area contributed by atoms with Gasteiger partial charge in [-0.3, -0.25) is 0 Å². The normalized spacial score (nSPS) is 12.1. The molecule has 0 amide bonds. The van der Waals surface area contributed by atoms with E-state index in [1.54, 1.807) is 19.4 Å². The molecule has 2 aromatic heterocycles. The highest BCUT2D eigenvalue weighted by Gasteiger charge is 2.18. The van der Waals surface area contributed by atoms with Gasteiger partial charge in [-0.25, -0.2) is 15.0 Å². The quantitative estimate of drug-likeness (QED) is 0.838. The molecule has 100 valence electrons. The van der Waals surface area contributed by atoms with Crippen LogP contribution in [0.3, 0.4) is 0 Å². The molecule has 0 aliphatic carbocycles. The highest BCUT2D eigenvalue weighted by molar-refractivity contribution is 5.44. The summed E-state index contributed by atoms with van der Waals surface area (Å²) in [6.07, 6.45) is 3.15. The molecule has 2 aromatic rings. The molecule has 0 saturated carbocycles. The zero-order chi connectivity index (χ0) is 13.7. The zero-order valence-corrected chi connectivity index (χ0v) is 11.0. The molecule has 0 bridgehead atoms. The molecule has 3 N–H and O–H groups in total. The van der Waals surface area contributed by atoms with Crippen molar-refractivity contribution >= 4 is 5.82 Å². The summed E-state index contributed by atoms with van der Waals surface area (Å²) in [6.45, 7) is 2.81. The van der Waals surface area contributed by atoms with Crippen LogP contribution in [0.15, 0.2) is 30.7 Å². The highest BCUT2D eigenvalue weighted by Crippen LogP contribution is 2.25. The van der Waals surface area contributed by atoms with Gasteiger partial charge in [-0.05, 0) is 12.6 Å². The van der Waals surface area contributed by atoms with Gasteiger partial charge in [0.1, 0.15) is 12.1 Å². The van der Waals surface area contributed by atoms with E-state index in [4.69, 9.17) is 10.5 Å². The van der Waals surface area contributed by atoms with Gasteiger partial charge in [-0.1, -0.05) is 13.0 Å². The summed E-state index contributed by atoms with van der Waals surface area (Å²) in [7, 11) is 1.58. The van der Waals surface area contributed by atoms with Gasteiger partial charge in [0.25, 0.3) is 0 Å². The van der Waals surface area contributed by atoms with Gasteiger partial charge in [-0.15, -0.1) is 0 Å². The summed E-state index contributed by atoms with van der Waals surface area (Å²) in [5, 5.41) is 3.34. The number of nitrogens with one attached hydrogen (secondary N) is 1. The topological polar surface area (TPSA) is 86.0 Å². The lowest BCUT2D eigenvalue weighted by Gasteiger charge is -2.19. The van der Waals surface area contributed by atoms with Crippen molar-refractivity contribution in [3.8, 4) is 5.88 Å². The minimum atomic E-state index is -0.129. The van der Waals surface area contributed by atoms with E-state index in [2.05, 4.69) is 20.3 Å². The Hall–Kier alpha value is -2.21. The number of nitrogen functional groups attached to an aromatic ring is 1. The van der Waals surface area contributed by atoms with Crippen LogP contribution in [0.2, 0.25) is 0 Å². The molecule has 0 spiro atoms. The molecule has 0 aliphatic heterocycles. The van der Waals surface area contributed by atoms with E-state index in [-0.39, 0.29) is 6.04 Å². The van der Waals surface area contributed by atoms with Crippen LogP contribution in [0, 0.1) is 0 Å². The van der Waals surface area contributed by atoms with Crippen molar-refractivity contribution in [1.29, 1.82) is 0 Å². The van der Waals surface area contributed by atoms with Gasteiger partial charge in [0.05, 0.1) is 18.8 Å². The summed E-state index contributed by atoms with van der Waals surface area (Å²) >= 11 is 0. The van der Waals surface area contributed by atoms with Crippen LogP contribution < -0.4 is 15.8 Å². The Morgan fingerprint density at radius 3 is 2.89 bits per heavy atom. The zero-order valence-electron chi connectivity index (χ0n) is 11.0. The van der Waals surface area contributed by atoms with Crippen LogP contribution in [0.25, 0.3) is 0 Å². The van der Waals surface area contributed by atoms with Crippen molar-refractivity contribution in [2.24, 2.45) is 0 Å². The van der Waals surface area contributed by atoms with Gasteiger partial charge < -0.3 is 15.8 Å². The fraction of sp³-hybridized carbons (Fsp3) is 0.308. The van der Waals surface area contributed by atoms with Crippen molar-refractivity contribution in [2.45, 2.75) is 13.0 Å². The Kier molecular flexibility index (Phi) is 4.25. The predicted molar refractivity (Wildman–Crippen MR) is 72.8 cm³/mol. The first-order valence-electron chi connectivity index (χ1n) is 6.06. The molecule has 1 unspecified atom stereocenters. The number of aromatic nitrogens is 3. The summed E-state index contributed by atoms with van der Waals surface area (Å²) in [5.74, 6) is 1.02. The minimum absolute atomic E-state index is 0.129. The molecule has 0 aromatic carbocycles. The summed E-state index contributed by atoms with van der Waals surface area (Å²) in [6, 6.07) is 5.45. The Bertz CT molecular complexity index is 546. The number of hydrogen-bond acceptors (Lipinski definition) is 6. The summed E-state index contributed by atoms with van der Waals surface area (Å²) < 4.78 is 5.12. The lowest BCUT2D eigenvalue weighted by molar-refractivity contribution is 0.395. The van der Waals surface area contributed by atoms with E-state index < -0.39 is 0 Å². The SMILES string of the molecule is CCNC(c1cc(OC)ncn1)c1cccnc1N. The van der Waals surface area contributed by atoms with Crippen LogP contribution >= 0.6 is 0 Å². The molecule has 2 heterocycles. The second-order valence-electron chi connectivity index (χ2n) is 3.95. The molecular weight excluding hydrogens is 242 g/mol. The Morgan fingerprint density at radius 1 is 1.37 bits per heavy atom. The number of nitrogens with zero attached hydrogens (tertiary/aromatic N) is 3. The van der Waals surface area contributed by atoms with Crippen molar-refractivity contribution in [1.82, 2.24) is 20.3 Å². The molecule has 6 nitrogen and oxygen atoms in total. The number of ether oxygens (including phenoxy) is 1. The van der Waals surface area contributed by atoms with Crippen LogP contribution in [-0.4, -0.2) is 28.6 Å². The van der Waals surface area contributed by atoms with Crippen molar-refractivity contribution < 1.29 is 4.74 Å². The maximum Gasteiger partial charge on any atom is 0.216 e. The average Bonchev–Trinajstić information content (AvgIpc) is 2.46. The van der Waals surface area contributed by atoms with E-state index >= 15 is 0 Å². The van der Waals surface area contributed by atoms with E-state index in [0.29, 0.717) is 11.7 Å². The lowest BCUT2D eigenvalue weighted by Crippen LogP contribution is -2.24. The Morgan fingerprint density at radius 2 is 2.21 bits per heavy atom. The molecule has 1 atom stereocenters. The van der Waals surface area contributed by atoms with Gasteiger partial charge in [0.2, 0.25) is 5.88 Å². The fourth-order valence-electron chi connectivity index (χ4n) is 1.88. The molecule has 0 saturated heterocycles. The number of anilines is 1. The largest absolute Gasteiger partial charge is 0.481 e. The number of nitrogens with two attached hydrogens (primary N) is 1. The predicted octanol–water partition coefficient (Wildman–Crippen LogP) is 1.16. The summed E-state index contributed by atoms with van der Waals surface area (Å²) in [4.78, 5) is 12.4. The van der Waals surface area contributed by atoms with Crippen molar-refractivity contribution in [3.63, 3.8) is 0 Å². The van der Waals surface area contributed by atoms with E-state index in [0.717, 1.165) is 17.8 Å². The smallest absolute Gasteiger partial charge is 0.216 e. The Balaban J connectivity index is 2.42. The van der Waals surface area contributed by atoms with Gasteiger partial charge in [-0.2, -0.15) is 0 Å². The summed E-state index contributed by atoms with van der Waals surface area (Å²) in [5.41, 5.74) is 7.63. The standard InChI is InChI=1S/C13H17N5O/c1-3-15-12(9-5-4-6-16-13(9)14)10-7-11(19-2)18-8-17-10/h4-8,12,15H,3H2,1-2H3,(H2,14,16). The molecular formula is C13H17N5O. The van der Waals surface area contributed by atoms with Crippen LogP contribution in [-0.2, 0) is 0 Å². The molecule has 0 radical (unpaired) electrons. The van der Waals surface area contributed by atoms with E-state index in [1.165, 1.54) is 6.33 Å². The van der Waals surface area contributed by atoms with Crippen molar-refractivity contribution in [2.75, 3.05) is 19.4 Å². The second kappa shape index (κ2) is 6.10. The van der Waals surface area contributed by atoms with E-state index in [1.807, 2.05) is 19.1 Å². The molecule has 19 heavy (non-hydrogen) atoms. The first-order valence-corrected chi connectivity index (χ1v) is 6.06. The highest BCUT2D eigenvalue weighted by atomic mass is 16.5. The number of pyridine rings is 1. The molecule has 0 fully saturated rings. The van der Waals surface area contributed by atoms with E-state index in [9.17, 15) is 0 Å². The molecule has 6 heteroatoms. The molecule has 2 rings (SSSR count). The maximum absolute atomic E-state index is 5.93.